The summed E-state index contributed by atoms with van der Waals surface area (Å²) in [5.41, 5.74) is 0. The molecule has 1 saturated heterocycles. The number of hydrogen-bond acceptors (Lipinski definition) is 2. The molecule has 13 heavy (non-hydrogen) atoms. The fourth-order valence-corrected chi connectivity index (χ4v) is 2.16. The molecular formula is C10H15NO2. The van der Waals surface area contributed by atoms with Gasteiger partial charge in [-0.3, -0.25) is 14.5 Å². The summed E-state index contributed by atoms with van der Waals surface area (Å²) in [6.07, 6.45) is 2.87. The van der Waals surface area contributed by atoms with E-state index in [0.29, 0.717) is 0 Å². The number of carbonyl (C=O) groups is 2. The van der Waals surface area contributed by atoms with Crippen LogP contribution in [0.4, 0.5) is 0 Å². The zero-order chi connectivity index (χ0) is 10.0. The van der Waals surface area contributed by atoms with Crippen molar-refractivity contribution >= 4 is 11.8 Å². The molecule has 0 N–H and O–H groups in total. The molecule has 2 atom stereocenters. The predicted octanol–water partition coefficient (Wildman–Crippen LogP) is 1.20. The molecule has 2 aliphatic rings. The van der Waals surface area contributed by atoms with Crippen LogP contribution in [0.25, 0.3) is 0 Å². The van der Waals surface area contributed by atoms with Crippen LogP contribution in [0.2, 0.25) is 0 Å². The van der Waals surface area contributed by atoms with Crippen LogP contribution in [-0.4, -0.2) is 23.8 Å². The SMILES string of the molecule is C=C.CN1C(=O)C2CCCC2C1=O. The monoisotopic (exact) mass is 181 g/mol. The zero-order valence-corrected chi connectivity index (χ0v) is 7.95. The third kappa shape index (κ3) is 1.39. The van der Waals surface area contributed by atoms with Gasteiger partial charge in [0.25, 0.3) is 0 Å². The summed E-state index contributed by atoms with van der Waals surface area (Å²) >= 11 is 0. The Morgan fingerprint density at radius 3 is 1.92 bits per heavy atom. The van der Waals surface area contributed by atoms with Crippen molar-refractivity contribution in [3.05, 3.63) is 13.2 Å². The number of imide groups is 1. The standard InChI is InChI=1S/C8H11NO2.C2H4/c1-9-7(10)5-3-2-4-6(5)8(9)11;1-2/h5-6H,2-4H2,1H3;1-2H2. The summed E-state index contributed by atoms with van der Waals surface area (Å²) in [6.45, 7) is 6.00. The second-order valence-electron chi connectivity index (χ2n) is 3.38. The molecular weight excluding hydrogens is 166 g/mol. The van der Waals surface area contributed by atoms with E-state index in [1.54, 1.807) is 7.05 Å². The predicted molar refractivity (Wildman–Crippen MR) is 49.9 cm³/mol. The highest BCUT2D eigenvalue weighted by molar-refractivity contribution is 6.05. The van der Waals surface area contributed by atoms with Gasteiger partial charge < -0.3 is 0 Å². The highest BCUT2D eigenvalue weighted by Gasteiger charge is 2.47. The van der Waals surface area contributed by atoms with Crippen LogP contribution in [0, 0.1) is 11.8 Å². The lowest BCUT2D eigenvalue weighted by Crippen LogP contribution is -2.26. The Bertz CT molecular complexity index is 215. The Morgan fingerprint density at radius 1 is 1.15 bits per heavy atom. The summed E-state index contributed by atoms with van der Waals surface area (Å²) in [5.74, 6) is 0.148. The van der Waals surface area contributed by atoms with Crippen molar-refractivity contribution in [1.29, 1.82) is 0 Å². The molecule has 0 spiro atoms. The van der Waals surface area contributed by atoms with E-state index >= 15 is 0 Å². The van der Waals surface area contributed by atoms with Gasteiger partial charge in [-0.25, -0.2) is 0 Å². The van der Waals surface area contributed by atoms with Gasteiger partial charge in [-0.1, -0.05) is 6.42 Å². The van der Waals surface area contributed by atoms with Gasteiger partial charge >= 0.3 is 0 Å². The van der Waals surface area contributed by atoms with Crippen LogP contribution in [0.15, 0.2) is 13.2 Å². The molecule has 0 aromatic carbocycles. The first kappa shape index (κ1) is 9.96. The largest absolute Gasteiger partial charge is 0.285 e. The molecule has 2 unspecified atom stereocenters. The van der Waals surface area contributed by atoms with E-state index in [0.717, 1.165) is 19.3 Å². The van der Waals surface area contributed by atoms with Crippen molar-refractivity contribution in [3.63, 3.8) is 0 Å². The maximum Gasteiger partial charge on any atom is 0.232 e. The van der Waals surface area contributed by atoms with Crippen molar-refractivity contribution < 1.29 is 9.59 Å². The van der Waals surface area contributed by atoms with Gasteiger partial charge in [0.2, 0.25) is 11.8 Å². The van der Waals surface area contributed by atoms with Gasteiger partial charge in [-0.05, 0) is 12.8 Å². The number of likely N-dealkylation sites (tertiary alicyclic amines) is 1. The summed E-state index contributed by atoms with van der Waals surface area (Å²) < 4.78 is 0. The van der Waals surface area contributed by atoms with Crippen LogP contribution < -0.4 is 0 Å². The smallest absolute Gasteiger partial charge is 0.232 e. The van der Waals surface area contributed by atoms with E-state index in [4.69, 9.17) is 0 Å². The summed E-state index contributed by atoms with van der Waals surface area (Å²) in [6, 6.07) is 0. The summed E-state index contributed by atoms with van der Waals surface area (Å²) in [7, 11) is 1.59. The van der Waals surface area contributed by atoms with Gasteiger partial charge in [0.15, 0.2) is 0 Å². The molecule has 1 saturated carbocycles. The maximum absolute atomic E-state index is 11.3. The highest BCUT2D eigenvalue weighted by atomic mass is 16.2. The van der Waals surface area contributed by atoms with Crippen molar-refractivity contribution in [1.82, 2.24) is 4.90 Å². The van der Waals surface area contributed by atoms with Gasteiger partial charge in [0.1, 0.15) is 0 Å². The number of carbonyl (C=O) groups excluding carboxylic acids is 2. The minimum Gasteiger partial charge on any atom is -0.285 e. The third-order valence-electron chi connectivity index (χ3n) is 2.81. The van der Waals surface area contributed by atoms with Crippen LogP contribution in [0.1, 0.15) is 19.3 Å². The Kier molecular flexibility index (Phi) is 2.86. The van der Waals surface area contributed by atoms with Crippen LogP contribution in [0.3, 0.4) is 0 Å². The fraction of sp³-hybridized carbons (Fsp3) is 0.600. The van der Waals surface area contributed by atoms with E-state index in [1.165, 1.54) is 4.90 Å². The zero-order valence-electron chi connectivity index (χ0n) is 7.95. The van der Waals surface area contributed by atoms with Gasteiger partial charge in [-0.2, -0.15) is 0 Å². The van der Waals surface area contributed by atoms with Gasteiger partial charge in [0, 0.05) is 7.05 Å². The summed E-state index contributed by atoms with van der Waals surface area (Å²) in [4.78, 5) is 23.9. The van der Waals surface area contributed by atoms with Crippen molar-refractivity contribution in [3.8, 4) is 0 Å². The molecule has 2 fully saturated rings. The average molecular weight is 181 g/mol. The quantitative estimate of drug-likeness (QED) is 0.416. The minimum absolute atomic E-state index is 0.0347. The molecule has 1 aliphatic carbocycles. The van der Waals surface area contributed by atoms with E-state index < -0.39 is 0 Å². The van der Waals surface area contributed by atoms with Crippen LogP contribution in [0.5, 0.6) is 0 Å². The molecule has 1 aliphatic heterocycles. The van der Waals surface area contributed by atoms with E-state index in [1.807, 2.05) is 0 Å². The fourth-order valence-electron chi connectivity index (χ4n) is 2.16. The molecule has 0 radical (unpaired) electrons. The number of rotatable bonds is 0. The maximum atomic E-state index is 11.3. The first-order valence-corrected chi connectivity index (χ1v) is 4.53. The Morgan fingerprint density at radius 2 is 1.54 bits per heavy atom. The third-order valence-corrected chi connectivity index (χ3v) is 2.81. The Balaban J connectivity index is 0.000000396. The van der Waals surface area contributed by atoms with Crippen molar-refractivity contribution in [2.24, 2.45) is 11.8 Å². The molecule has 0 aromatic rings. The van der Waals surface area contributed by atoms with E-state index in [2.05, 4.69) is 13.2 Å². The molecule has 0 aromatic heterocycles. The van der Waals surface area contributed by atoms with Crippen molar-refractivity contribution in [2.75, 3.05) is 7.05 Å². The topological polar surface area (TPSA) is 37.4 Å². The van der Waals surface area contributed by atoms with E-state index in [9.17, 15) is 9.59 Å². The molecule has 3 nitrogen and oxygen atoms in total. The Labute approximate surface area is 78.4 Å². The van der Waals surface area contributed by atoms with Gasteiger partial charge in [0.05, 0.1) is 11.8 Å². The van der Waals surface area contributed by atoms with E-state index in [-0.39, 0.29) is 23.7 Å². The molecule has 3 heteroatoms. The highest BCUT2D eigenvalue weighted by Crippen LogP contribution is 2.38. The van der Waals surface area contributed by atoms with Gasteiger partial charge in [-0.15, -0.1) is 13.2 Å². The molecule has 72 valence electrons. The lowest BCUT2D eigenvalue weighted by atomic mass is 10.00. The van der Waals surface area contributed by atoms with Crippen molar-refractivity contribution in [2.45, 2.75) is 19.3 Å². The number of fused-ring (bicyclic) bond motifs is 1. The first-order chi connectivity index (χ1) is 6.22. The number of hydrogen-bond donors (Lipinski definition) is 0. The summed E-state index contributed by atoms with van der Waals surface area (Å²) in [5, 5.41) is 0. The molecule has 2 amide bonds. The first-order valence-electron chi connectivity index (χ1n) is 4.53. The number of nitrogens with zero attached hydrogens (tertiary/aromatic N) is 1. The van der Waals surface area contributed by atoms with Crippen LogP contribution in [-0.2, 0) is 9.59 Å². The second kappa shape index (κ2) is 3.73. The Hall–Kier alpha value is -1.12. The molecule has 1 heterocycles. The lowest BCUT2D eigenvalue weighted by Gasteiger charge is -2.06. The second-order valence-corrected chi connectivity index (χ2v) is 3.38. The normalized spacial score (nSPS) is 31.3. The minimum atomic E-state index is 0.0347. The number of amides is 2. The molecule has 2 rings (SSSR count). The molecule has 0 bridgehead atoms. The lowest BCUT2D eigenvalue weighted by molar-refractivity contribution is -0.138. The van der Waals surface area contributed by atoms with Crippen LogP contribution >= 0.6 is 0 Å². The average Bonchev–Trinajstić information content (AvgIpc) is 2.71.